The van der Waals surface area contributed by atoms with E-state index in [4.69, 9.17) is 0 Å². The molecule has 1 aromatic rings. The molecule has 21 heavy (non-hydrogen) atoms. The van der Waals surface area contributed by atoms with Crippen molar-refractivity contribution in [3.63, 3.8) is 0 Å². The van der Waals surface area contributed by atoms with Crippen molar-refractivity contribution < 1.29 is 14.4 Å². The van der Waals surface area contributed by atoms with E-state index in [0.717, 1.165) is 17.7 Å². The Morgan fingerprint density at radius 2 is 1.71 bits per heavy atom. The molecule has 112 valence electrons. The SMILES string of the molecule is CCCCN(C)C(=O)CCN1C(=O)c2ccccc2C1=O. The van der Waals surface area contributed by atoms with Gasteiger partial charge in [0.2, 0.25) is 5.91 Å². The van der Waals surface area contributed by atoms with Gasteiger partial charge in [-0.2, -0.15) is 0 Å². The monoisotopic (exact) mass is 288 g/mol. The van der Waals surface area contributed by atoms with Crippen LogP contribution in [0.25, 0.3) is 0 Å². The van der Waals surface area contributed by atoms with Crippen LogP contribution in [0.2, 0.25) is 0 Å². The van der Waals surface area contributed by atoms with Crippen molar-refractivity contribution in [2.75, 3.05) is 20.1 Å². The van der Waals surface area contributed by atoms with E-state index in [9.17, 15) is 14.4 Å². The Kier molecular flexibility index (Phi) is 4.73. The van der Waals surface area contributed by atoms with Crippen molar-refractivity contribution in [1.29, 1.82) is 0 Å². The Hall–Kier alpha value is -2.17. The molecule has 1 heterocycles. The van der Waals surface area contributed by atoms with Gasteiger partial charge in [-0.3, -0.25) is 19.3 Å². The van der Waals surface area contributed by atoms with Crippen molar-refractivity contribution in [3.8, 4) is 0 Å². The van der Waals surface area contributed by atoms with Gasteiger partial charge in [0.1, 0.15) is 0 Å². The van der Waals surface area contributed by atoms with E-state index in [1.807, 2.05) is 0 Å². The molecule has 0 fully saturated rings. The van der Waals surface area contributed by atoms with Crippen molar-refractivity contribution in [2.45, 2.75) is 26.2 Å². The molecule has 5 nitrogen and oxygen atoms in total. The van der Waals surface area contributed by atoms with E-state index in [1.165, 1.54) is 0 Å². The lowest BCUT2D eigenvalue weighted by Crippen LogP contribution is -2.35. The number of hydrogen-bond donors (Lipinski definition) is 0. The molecule has 0 atom stereocenters. The van der Waals surface area contributed by atoms with Gasteiger partial charge in [0.25, 0.3) is 11.8 Å². The third kappa shape index (κ3) is 3.12. The van der Waals surface area contributed by atoms with Crippen LogP contribution in [0.1, 0.15) is 46.9 Å². The van der Waals surface area contributed by atoms with Crippen LogP contribution in [0.4, 0.5) is 0 Å². The second-order valence-electron chi connectivity index (χ2n) is 5.23. The molecule has 1 aliphatic heterocycles. The maximum atomic E-state index is 12.1. The first-order valence-corrected chi connectivity index (χ1v) is 7.25. The maximum Gasteiger partial charge on any atom is 0.261 e. The zero-order valence-electron chi connectivity index (χ0n) is 12.5. The average molecular weight is 288 g/mol. The van der Waals surface area contributed by atoms with Crippen molar-refractivity contribution in [1.82, 2.24) is 9.80 Å². The summed E-state index contributed by atoms with van der Waals surface area (Å²) < 4.78 is 0. The van der Waals surface area contributed by atoms with Gasteiger partial charge >= 0.3 is 0 Å². The van der Waals surface area contributed by atoms with Gasteiger partial charge in [-0.05, 0) is 18.6 Å². The molecule has 0 bridgehead atoms. The number of carbonyl (C=O) groups is 3. The highest BCUT2D eigenvalue weighted by Crippen LogP contribution is 2.22. The van der Waals surface area contributed by atoms with Gasteiger partial charge in [0, 0.05) is 26.6 Å². The highest BCUT2D eigenvalue weighted by Gasteiger charge is 2.35. The summed E-state index contributed by atoms with van der Waals surface area (Å²) in [4.78, 5) is 39.1. The lowest BCUT2D eigenvalue weighted by Gasteiger charge is -2.19. The Morgan fingerprint density at radius 3 is 2.24 bits per heavy atom. The van der Waals surface area contributed by atoms with Crippen molar-refractivity contribution in [3.05, 3.63) is 35.4 Å². The molecule has 3 amide bonds. The van der Waals surface area contributed by atoms with E-state index in [1.54, 1.807) is 36.2 Å². The van der Waals surface area contributed by atoms with E-state index in [2.05, 4.69) is 6.92 Å². The first-order chi connectivity index (χ1) is 10.1. The van der Waals surface area contributed by atoms with Crippen LogP contribution in [0.5, 0.6) is 0 Å². The number of amides is 3. The standard InChI is InChI=1S/C16H20N2O3/c1-3-4-10-17(2)14(19)9-11-18-15(20)12-7-5-6-8-13(12)16(18)21/h5-8H,3-4,9-11H2,1-2H3. The molecule has 0 aliphatic carbocycles. The topological polar surface area (TPSA) is 57.7 Å². The molecule has 1 aliphatic rings. The molecule has 0 radical (unpaired) electrons. The number of nitrogens with zero attached hydrogens (tertiary/aromatic N) is 2. The van der Waals surface area contributed by atoms with E-state index in [0.29, 0.717) is 17.7 Å². The third-order valence-corrected chi connectivity index (χ3v) is 3.70. The van der Waals surface area contributed by atoms with Crippen LogP contribution in [-0.4, -0.2) is 47.7 Å². The van der Waals surface area contributed by atoms with Crippen LogP contribution in [-0.2, 0) is 4.79 Å². The molecule has 1 aromatic carbocycles. The molecule has 0 saturated heterocycles. The molecule has 0 saturated carbocycles. The Labute approximate surface area is 124 Å². The summed E-state index contributed by atoms with van der Waals surface area (Å²) in [5.41, 5.74) is 0.851. The first kappa shape index (κ1) is 15.2. The summed E-state index contributed by atoms with van der Waals surface area (Å²) >= 11 is 0. The summed E-state index contributed by atoms with van der Waals surface area (Å²) in [5.74, 6) is -0.653. The lowest BCUT2D eigenvalue weighted by molar-refractivity contribution is -0.130. The minimum atomic E-state index is -0.306. The zero-order valence-corrected chi connectivity index (χ0v) is 12.5. The fraction of sp³-hybridized carbons (Fsp3) is 0.438. The quantitative estimate of drug-likeness (QED) is 0.752. The van der Waals surface area contributed by atoms with E-state index >= 15 is 0 Å². The lowest BCUT2D eigenvalue weighted by atomic mass is 10.1. The fourth-order valence-electron chi connectivity index (χ4n) is 2.36. The Balaban J connectivity index is 1.95. The predicted molar refractivity (Wildman–Crippen MR) is 79.0 cm³/mol. The number of unbranched alkanes of at least 4 members (excludes halogenated alkanes) is 1. The summed E-state index contributed by atoms with van der Waals surface area (Å²) in [7, 11) is 1.75. The van der Waals surface area contributed by atoms with Crippen LogP contribution in [0.3, 0.4) is 0 Å². The van der Waals surface area contributed by atoms with Gasteiger partial charge < -0.3 is 4.90 Å². The highest BCUT2D eigenvalue weighted by atomic mass is 16.2. The van der Waals surface area contributed by atoms with Crippen molar-refractivity contribution in [2.24, 2.45) is 0 Å². The summed E-state index contributed by atoms with van der Waals surface area (Å²) in [6.07, 6.45) is 2.15. The third-order valence-electron chi connectivity index (χ3n) is 3.70. The molecule has 0 unspecified atom stereocenters. The van der Waals surface area contributed by atoms with Gasteiger partial charge in [-0.15, -0.1) is 0 Å². The zero-order chi connectivity index (χ0) is 15.4. The van der Waals surface area contributed by atoms with Gasteiger partial charge in [0.15, 0.2) is 0 Å². The van der Waals surface area contributed by atoms with Gasteiger partial charge in [0.05, 0.1) is 11.1 Å². The van der Waals surface area contributed by atoms with Crippen LogP contribution >= 0.6 is 0 Å². The number of carbonyl (C=O) groups excluding carboxylic acids is 3. The van der Waals surface area contributed by atoms with Gasteiger partial charge in [-0.25, -0.2) is 0 Å². The normalized spacial score (nSPS) is 13.5. The van der Waals surface area contributed by atoms with Crippen LogP contribution < -0.4 is 0 Å². The van der Waals surface area contributed by atoms with E-state index < -0.39 is 0 Å². The Bertz CT molecular complexity index is 533. The summed E-state index contributed by atoms with van der Waals surface area (Å²) in [6, 6.07) is 6.75. The molecular formula is C16H20N2O3. The van der Waals surface area contributed by atoms with Crippen LogP contribution in [0.15, 0.2) is 24.3 Å². The minimum Gasteiger partial charge on any atom is -0.346 e. The fourth-order valence-corrected chi connectivity index (χ4v) is 2.36. The smallest absolute Gasteiger partial charge is 0.261 e. The first-order valence-electron chi connectivity index (χ1n) is 7.25. The molecular weight excluding hydrogens is 268 g/mol. The minimum absolute atomic E-state index is 0.0417. The molecule has 0 spiro atoms. The number of fused-ring (bicyclic) bond motifs is 1. The second kappa shape index (κ2) is 6.52. The number of imide groups is 1. The predicted octanol–water partition coefficient (Wildman–Crippen LogP) is 1.93. The second-order valence-corrected chi connectivity index (χ2v) is 5.23. The van der Waals surface area contributed by atoms with Crippen LogP contribution in [0, 0.1) is 0 Å². The summed E-state index contributed by atoms with van der Waals surface area (Å²) in [5, 5.41) is 0. The summed E-state index contributed by atoms with van der Waals surface area (Å²) in [6.45, 7) is 2.91. The molecule has 5 heteroatoms. The molecule has 0 N–H and O–H groups in total. The number of hydrogen-bond acceptors (Lipinski definition) is 3. The molecule has 0 aromatic heterocycles. The number of rotatable bonds is 6. The maximum absolute atomic E-state index is 12.1. The van der Waals surface area contributed by atoms with Gasteiger partial charge in [-0.1, -0.05) is 25.5 Å². The number of benzene rings is 1. The van der Waals surface area contributed by atoms with E-state index in [-0.39, 0.29) is 30.7 Å². The Morgan fingerprint density at radius 1 is 1.14 bits per heavy atom. The largest absolute Gasteiger partial charge is 0.346 e. The van der Waals surface area contributed by atoms with Crippen molar-refractivity contribution >= 4 is 17.7 Å². The average Bonchev–Trinajstić information content (AvgIpc) is 2.74. The molecule has 2 rings (SSSR count). The highest BCUT2D eigenvalue weighted by molar-refractivity contribution is 6.21.